The van der Waals surface area contributed by atoms with Crippen molar-refractivity contribution >= 4 is 12.0 Å². The van der Waals surface area contributed by atoms with Crippen LogP contribution in [0.3, 0.4) is 0 Å². The summed E-state index contributed by atoms with van der Waals surface area (Å²) in [6, 6.07) is 0.113. The Morgan fingerprint density at radius 3 is 2.25 bits per heavy atom. The summed E-state index contributed by atoms with van der Waals surface area (Å²) in [6.45, 7) is 3.62. The molecule has 0 aromatic heterocycles. The predicted octanol–water partition coefficient (Wildman–Crippen LogP) is 1.17. The monoisotopic (exact) mass is 228 g/mol. The fourth-order valence-corrected chi connectivity index (χ4v) is 1.94. The van der Waals surface area contributed by atoms with Gasteiger partial charge in [0.25, 0.3) is 0 Å². The van der Waals surface area contributed by atoms with E-state index >= 15 is 0 Å². The van der Waals surface area contributed by atoms with E-state index in [0.717, 1.165) is 25.7 Å². The molecule has 5 heteroatoms. The van der Waals surface area contributed by atoms with Gasteiger partial charge in [0.15, 0.2) is 0 Å². The fraction of sp³-hybridized carbons (Fsp3) is 0.818. The molecule has 0 saturated heterocycles. The van der Waals surface area contributed by atoms with Crippen molar-refractivity contribution < 1.29 is 14.3 Å². The molecule has 1 fully saturated rings. The molecule has 0 bridgehead atoms. The smallest absolute Gasteiger partial charge is 0.407 e. The molecule has 0 aliphatic heterocycles. The average molecular weight is 228 g/mol. The minimum absolute atomic E-state index is 0.0285. The van der Waals surface area contributed by atoms with Crippen molar-refractivity contribution in [3.05, 3.63) is 0 Å². The van der Waals surface area contributed by atoms with Gasteiger partial charge < -0.3 is 15.8 Å². The van der Waals surface area contributed by atoms with Gasteiger partial charge in [0.05, 0.1) is 6.10 Å². The zero-order chi connectivity index (χ0) is 12.1. The molecule has 1 saturated carbocycles. The van der Waals surface area contributed by atoms with E-state index in [-0.39, 0.29) is 30.1 Å². The molecule has 0 atom stereocenters. The van der Waals surface area contributed by atoms with Crippen LogP contribution in [0.5, 0.6) is 0 Å². The van der Waals surface area contributed by atoms with Crippen LogP contribution >= 0.6 is 0 Å². The predicted molar refractivity (Wildman–Crippen MR) is 59.7 cm³/mol. The molecule has 5 nitrogen and oxygen atoms in total. The number of primary amides is 1. The van der Waals surface area contributed by atoms with Crippen LogP contribution < -0.4 is 11.1 Å². The van der Waals surface area contributed by atoms with Crippen LogP contribution in [0.4, 0.5) is 4.79 Å². The summed E-state index contributed by atoms with van der Waals surface area (Å²) in [5.41, 5.74) is 5.23. The minimum Gasteiger partial charge on any atom is -0.447 e. The summed E-state index contributed by atoms with van der Waals surface area (Å²) in [6.07, 6.45) is 2.60. The Morgan fingerprint density at radius 1 is 1.25 bits per heavy atom. The van der Waals surface area contributed by atoms with Gasteiger partial charge in [-0.2, -0.15) is 0 Å². The van der Waals surface area contributed by atoms with Crippen LogP contribution in [0.2, 0.25) is 0 Å². The van der Waals surface area contributed by atoms with Gasteiger partial charge in [-0.05, 0) is 39.5 Å². The standard InChI is InChI=1S/C11H20N2O3/c1-7(2)16-11(15)13-9-5-3-8(4-6-9)10(12)14/h7-9H,3-6H2,1-2H3,(H2,12,14)(H,13,15). The van der Waals surface area contributed by atoms with E-state index in [1.165, 1.54) is 0 Å². The van der Waals surface area contributed by atoms with Gasteiger partial charge in [0, 0.05) is 12.0 Å². The van der Waals surface area contributed by atoms with Crippen molar-refractivity contribution in [2.24, 2.45) is 11.7 Å². The lowest BCUT2D eigenvalue weighted by molar-refractivity contribution is -0.122. The van der Waals surface area contributed by atoms with Crippen LogP contribution in [-0.2, 0) is 9.53 Å². The molecule has 0 aromatic carbocycles. The third-order valence-electron chi connectivity index (χ3n) is 2.79. The molecule has 0 radical (unpaired) electrons. The maximum absolute atomic E-state index is 11.3. The quantitative estimate of drug-likeness (QED) is 0.760. The van der Waals surface area contributed by atoms with Gasteiger partial charge in [-0.3, -0.25) is 4.79 Å². The molecule has 2 amide bonds. The first kappa shape index (κ1) is 12.8. The minimum atomic E-state index is -0.377. The van der Waals surface area contributed by atoms with Gasteiger partial charge in [-0.15, -0.1) is 0 Å². The fourth-order valence-electron chi connectivity index (χ4n) is 1.94. The second kappa shape index (κ2) is 5.72. The molecule has 0 aromatic rings. The average Bonchev–Trinajstić information content (AvgIpc) is 2.16. The number of alkyl carbamates (subject to hydrolysis) is 1. The molecule has 16 heavy (non-hydrogen) atoms. The van der Waals surface area contributed by atoms with E-state index in [1.807, 2.05) is 13.8 Å². The molecule has 1 aliphatic rings. The van der Waals surface area contributed by atoms with Crippen LogP contribution in [0.15, 0.2) is 0 Å². The molecule has 1 aliphatic carbocycles. The maximum atomic E-state index is 11.3. The van der Waals surface area contributed by atoms with Crippen molar-refractivity contribution in [2.75, 3.05) is 0 Å². The van der Waals surface area contributed by atoms with Gasteiger partial charge in [-0.1, -0.05) is 0 Å². The van der Waals surface area contributed by atoms with Crippen LogP contribution in [0.1, 0.15) is 39.5 Å². The van der Waals surface area contributed by atoms with Crippen molar-refractivity contribution in [1.29, 1.82) is 0 Å². The molecule has 0 spiro atoms. The van der Waals surface area contributed by atoms with E-state index in [4.69, 9.17) is 10.5 Å². The number of hydrogen-bond acceptors (Lipinski definition) is 3. The van der Waals surface area contributed by atoms with Gasteiger partial charge in [0.1, 0.15) is 0 Å². The number of rotatable bonds is 3. The maximum Gasteiger partial charge on any atom is 0.407 e. The van der Waals surface area contributed by atoms with Crippen molar-refractivity contribution in [2.45, 2.75) is 51.7 Å². The number of carbonyl (C=O) groups is 2. The van der Waals surface area contributed by atoms with Crippen molar-refractivity contribution in [3.8, 4) is 0 Å². The highest BCUT2D eigenvalue weighted by atomic mass is 16.6. The molecule has 0 heterocycles. The summed E-state index contributed by atoms with van der Waals surface area (Å²) in [4.78, 5) is 22.3. The third kappa shape index (κ3) is 4.08. The van der Waals surface area contributed by atoms with Crippen LogP contribution in [0, 0.1) is 5.92 Å². The first-order chi connectivity index (χ1) is 7.49. The van der Waals surface area contributed by atoms with Crippen LogP contribution in [0.25, 0.3) is 0 Å². The molecule has 1 rings (SSSR count). The van der Waals surface area contributed by atoms with E-state index in [2.05, 4.69) is 5.32 Å². The second-order valence-electron chi connectivity index (χ2n) is 4.55. The zero-order valence-corrected chi connectivity index (χ0v) is 9.86. The summed E-state index contributed by atoms with van der Waals surface area (Å²) < 4.78 is 4.99. The number of amides is 2. The van der Waals surface area contributed by atoms with E-state index in [1.54, 1.807) is 0 Å². The molecule has 92 valence electrons. The number of hydrogen-bond donors (Lipinski definition) is 2. The number of nitrogens with one attached hydrogen (secondary N) is 1. The number of carbonyl (C=O) groups excluding carboxylic acids is 2. The zero-order valence-electron chi connectivity index (χ0n) is 9.86. The Morgan fingerprint density at radius 2 is 1.81 bits per heavy atom. The number of ether oxygens (including phenoxy) is 1. The highest BCUT2D eigenvalue weighted by Gasteiger charge is 2.25. The van der Waals surface area contributed by atoms with Crippen molar-refractivity contribution in [3.63, 3.8) is 0 Å². The third-order valence-corrected chi connectivity index (χ3v) is 2.79. The van der Waals surface area contributed by atoms with Crippen molar-refractivity contribution in [1.82, 2.24) is 5.32 Å². The Bertz CT molecular complexity index is 258. The van der Waals surface area contributed by atoms with Gasteiger partial charge in [0.2, 0.25) is 5.91 Å². The molecule has 0 unspecified atom stereocenters. The lowest BCUT2D eigenvalue weighted by Gasteiger charge is -2.27. The second-order valence-corrected chi connectivity index (χ2v) is 4.55. The number of nitrogens with two attached hydrogens (primary N) is 1. The summed E-state index contributed by atoms with van der Waals surface area (Å²) in [5.74, 6) is -0.262. The SMILES string of the molecule is CC(C)OC(=O)NC1CCC(C(N)=O)CC1. The summed E-state index contributed by atoms with van der Waals surface area (Å²) in [5, 5.41) is 2.80. The Balaban J connectivity index is 2.26. The lowest BCUT2D eigenvalue weighted by atomic mass is 9.86. The first-order valence-electron chi connectivity index (χ1n) is 5.75. The normalized spacial score (nSPS) is 25.2. The van der Waals surface area contributed by atoms with E-state index in [0.29, 0.717) is 0 Å². The summed E-state index contributed by atoms with van der Waals surface area (Å²) in [7, 11) is 0. The molecular formula is C11H20N2O3. The lowest BCUT2D eigenvalue weighted by Crippen LogP contribution is -2.40. The van der Waals surface area contributed by atoms with Gasteiger partial charge in [-0.25, -0.2) is 4.79 Å². The Labute approximate surface area is 95.7 Å². The summed E-state index contributed by atoms with van der Waals surface area (Å²) >= 11 is 0. The Kier molecular flexibility index (Phi) is 4.58. The largest absolute Gasteiger partial charge is 0.447 e. The van der Waals surface area contributed by atoms with E-state index < -0.39 is 0 Å². The Hall–Kier alpha value is -1.26. The van der Waals surface area contributed by atoms with Crippen LogP contribution in [-0.4, -0.2) is 24.1 Å². The van der Waals surface area contributed by atoms with Gasteiger partial charge >= 0.3 is 6.09 Å². The molecule has 3 N–H and O–H groups in total. The highest BCUT2D eigenvalue weighted by Crippen LogP contribution is 2.23. The highest BCUT2D eigenvalue weighted by molar-refractivity contribution is 5.76. The van der Waals surface area contributed by atoms with E-state index in [9.17, 15) is 9.59 Å². The topological polar surface area (TPSA) is 81.4 Å². The first-order valence-corrected chi connectivity index (χ1v) is 5.75. The molecular weight excluding hydrogens is 208 g/mol.